The van der Waals surface area contributed by atoms with Gasteiger partial charge >= 0.3 is 0 Å². The largest absolute Gasteiger partial charge is 0.350 e. The van der Waals surface area contributed by atoms with E-state index in [1.165, 1.54) is 56.4 Å². The average molecular weight is 331 g/mol. The fraction of sp³-hybridized carbons (Fsp3) is 0.667. The second-order valence-corrected chi connectivity index (χ2v) is 7.97. The second-order valence-electron chi connectivity index (χ2n) is 7.97. The molecule has 3 nitrogen and oxygen atoms in total. The van der Waals surface area contributed by atoms with Gasteiger partial charge in [0, 0.05) is 14.9 Å². The highest BCUT2D eigenvalue weighted by atomic mass is 16.1. The van der Waals surface area contributed by atoms with Gasteiger partial charge in [0.25, 0.3) is 0 Å². The molecule has 0 aromatic heterocycles. The van der Waals surface area contributed by atoms with Gasteiger partial charge in [-0.15, -0.1) is 0 Å². The van der Waals surface area contributed by atoms with Crippen LogP contribution in [-0.2, 0) is 10.2 Å². The van der Waals surface area contributed by atoms with Crippen molar-refractivity contribution in [3.8, 4) is 0 Å². The van der Waals surface area contributed by atoms with Crippen LogP contribution in [0.3, 0.4) is 0 Å². The second kappa shape index (κ2) is 7.26. The molecule has 0 unspecified atom stereocenters. The summed E-state index contributed by atoms with van der Waals surface area (Å²) in [5.74, 6) is 0.871. The molecule has 1 aliphatic carbocycles. The zero-order valence-electron chi connectivity index (χ0n) is 15.5. The minimum Gasteiger partial charge on any atom is -0.350 e. The van der Waals surface area contributed by atoms with Crippen molar-refractivity contribution >= 4 is 5.91 Å². The standard InChI is InChI=1S/C21H32N2O.H2/c1-4-16(2)15-23-13-11-21(12-14-23)10-9-20(22-17(3)24)18-7-5-6-8-19(18)21;/h5-8,16,20H,4,9-15H2,1-3H3,(H,22,24);1H/t16-,20+;/m1./s1. The zero-order valence-corrected chi connectivity index (χ0v) is 15.5. The van der Waals surface area contributed by atoms with Gasteiger partial charge in [0.2, 0.25) is 5.91 Å². The molecule has 0 radical (unpaired) electrons. The van der Waals surface area contributed by atoms with E-state index in [1.54, 1.807) is 6.92 Å². The molecule has 1 aromatic carbocycles. The van der Waals surface area contributed by atoms with E-state index < -0.39 is 0 Å². The summed E-state index contributed by atoms with van der Waals surface area (Å²) in [4.78, 5) is 14.2. The number of likely N-dealkylation sites (tertiary alicyclic amines) is 1. The maximum absolute atomic E-state index is 11.5. The Kier molecular flexibility index (Phi) is 5.29. The highest BCUT2D eigenvalue weighted by Gasteiger charge is 2.41. The summed E-state index contributed by atoms with van der Waals surface area (Å²) in [6.07, 6.45) is 6.05. The van der Waals surface area contributed by atoms with Crippen LogP contribution in [0, 0.1) is 5.92 Å². The molecule has 2 atom stereocenters. The summed E-state index contributed by atoms with van der Waals surface area (Å²) < 4.78 is 0. The van der Waals surface area contributed by atoms with E-state index in [4.69, 9.17) is 0 Å². The summed E-state index contributed by atoms with van der Waals surface area (Å²) in [5.41, 5.74) is 3.19. The maximum Gasteiger partial charge on any atom is 0.217 e. The lowest BCUT2D eigenvalue weighted by molar-refractivity contribution is -0.119. The normalized spacial score (nSPS) is 24.4. The number of hydrogen-bond acceptors (Lipinski definition) is 2. The van der Waals surface area contributed by atoms with Crippen LogP contribution >= 0.6 is 0 Å². The average Bonchev–Trinajstić information content (AvgIpc) is 2.59. The van der Waals surface area contributed by atoms with Gasteiger partial charge in [-0.2, -0.15) is 0 Å². The van der Waals surface area contributed by atoms with E-state index >= 15 is 0 Å². The third-order valence-electron chi connectivity index (χ3n) is 6.28. The van der Waals surface area contributed by atoms with Crippen LogP contribution in [0.25, 0.3) is 0 Å². The number of carbonyl (C=O) groups excluding carboxylic acids is 1. The van der Waals surface area contributed by atoms with Gasteiger partial charge in [-0.1, -0.05) is 44.5 Å². The predicted octanol–water partition coefficient (Wildman–Crippen LogP) is 4.28. The minimum atomic E-state index is 0. The van der Waals surface area contributed by atoms with Gasteiger partial charge in [0.05, 0.1) is 6.04 Å². The molecular weight excluding hydrogens is 296 g/mol. The fourth-order valence-electron chi connectivity index (χ4n) is 4.64. The molecule has 24 heavy (non-hydrogen) atoms. The molecule has 1 spiro atoms. The molecule has 0 bridgehead atoms. The first kappa shape index (κ1) is 17.5. The van der Waals surface area contributed by atoms with Gasteiger partial charge in [0.15, 0.2) is 0 Å². The first-order valence-electron chi connectivity index (χ1n) is 9.63. The fourth-order valence-corrected chi connectivity index (χ4v) is 4.64. The molecule has 1 N–H and O–H groups in total. The summed E-state index contributed by atoms with van der Waals surface area (Å²) >= 11 is 0. The van der Waals surface area contributed by atoms with Crippen molar-refractivity contribution in [3.05, 3.63) is 35.4 Å². The van der Waals surface area contributed by atoms with Crippen molar-refractivity contribution in [1.29, 1.82) is 0 Å². The Balaban J connectivity index is 0.00000225. The lowest BCUT2D eigenvalue weighted by Crippen LogP contribution is -2.47. The van der Waals surface area contributed by atoms with E-state index in [1.807, 2.05) is 0 Å². The number of piperidine rings is 1. The number of carbonyl (C=O) groups is 1. The lowest BCUT2D eigenvalue weighted by Gasteiger charge is -2.47. The van der Waals surface area contributed by atoms with E-state index in [-0.39, 0.29) is 13.4 Å². The molecular formula is C21H34N2O. The number of hydrogen-bond donors (Lipinski definition) is 1. The molecule has 1 amide bonds. The van der Waals surface area contributed by atoms with Crippen molar-refractivity contribution in [3.63, 3.8) is 0 Å². The first-order valence-corrected chi connectivity index (χ1v) is 9.63. The Morgan fingerprint density at radius 3 is 2.71 bits per heavy atom. The van der Waals surface area contributed by atoms with E-state index in [9.17, 15) is 4.79 Å². The Bertz CT molecular complexity index is 581. The molecule has 3 heteroatoms. The highest BCUT2D eigenvalue weighted by Crippen LogP contribution is 2.47. The zero-order chi connectivity index (χ0) is 17.2. The van der Waals surface area contributed by atoms with Crippen molar-refractivity contribution in [2.24, 2.45) is 5.92 Å². The summed E-state index contributed by atoms with van der Waals surface area (Å²) in [6, 6.07) is 9.02. The number of nitrogens with zero attached hydrogens (tertiary/aromatic N) is 1. The number of rotatable bonds is 4. The quantitative estimate of drug-likeness (QED) is 0.893. The summed E-state index contributed by atoms with van der Waals surface area (Å²) in [7, 11) is 0. The monoisotopic (exact) mass is 330 g/mol. The third-order valence-corrected chi connectivity index (χ3v) is 6.28. The van der Waals surface area contributed by atoms with Gasteiger partial charge in [-0.25, -0.2) is 0 Å². The van der Waals surface area contributed by atoms with Crippen molar-refractivity contribution < 1.29 is 6.22 Å². The van der Waals surface area contributed by atoms with Crippen LogP contribution in [0.15, 0.2) is 24.3 Å². The molecule has 134 valence electrons. The van der Waals surface area contributed by atoms with Crippen LogP contribution < -0.4 is 5.32 Å². The van der Waals surface area contributed by atoms with Crippen LogP contribution in [-0.4, -0.2) is 30.4 Å². The number of benzene rings is 1. The Labute approximate surface area is 148 Å². The number of fused-ring (bicyclic) bond motifs is 2. The molecule has 3 rings (SSSR count). The van der Waals surface area contributed by atoms with E-state index in [0.717, 1.165) is 12.3 Å². The summed E-state index contributed by atoms with van der Waals surface area (Å²) in [5, 5.41) is 3.15. The predicted molar refractivity (Wildman–Crippen MR) is 101 cm³/mol. The first-order chi connectivity index (χ1) is 11.5. The molecule has 0 saturated carbocycles. The minimum absolute atomic E-state index is 0. The topological polar surface area (TPSA) is 32.3 Å². The Morgan fingerprint density at radius 1 is 1.33 bits per heavy atom. The van der Waals surface area contributed by atoms with Crippen molar-refractivity contribution in [2.45, 2.75) is 64.3 Å². The molecule has 1 aromatic rings. The van der Waals surface area contributed by atoms with Gasteiger partial charge < -0.3 is 10.2 Å². The van der Waals surface area contributed by atoms with Crippen LogP contribution in [0.4, 0.5) is 0 Å². The number of amides is 1. The van der Waals surface area contributed by atoms with Crippen molar-refractivity contribution in [2.75, 3.05) is 19.6 Å². The number of nitrogens with one attached hydrogen (secondary N) is 1. The summed E-state index contributed by atoms with van der Waals surface area (Å²) in [6.45, 7) is 9.93. The smallest absolute Gasteiger partial charge is 0.217 e. The highest BCUT2D eigenvalue weighted by molar-refractivity contribution is 5.73. The molecule has 1 heterocycles. The molecule has 1 aliphatic heterocycles. The van der Waals surface area contributed by atoms with Crippen LogP contribution in [0.5, 0.6) is 0 Å². The lowest BCUT2D eigenvalue weighted by atomic mass is 9.63. The Hall–Kier alpha value is -1.35. The van der Waals surface area contributed by atoms with Crippen molar-refractivity contribution in [1.82, 2.24) is 10.2 Å². The third kappa shape index (κ3) is 3.51. The van der Waals surface area contributed by atoms with E-state index in [2.05, 4.69) is 48.3 Å². The molecule has 1 saturated heterocycles. The van der Waals surface area contributed by atoms with Gasteiger partial charge in [-0.3, -0.25) is 4.79 Å². The molecule has 1 fully saturated rings. The SMILES string of the molecule is CC[C@@H](C)CN1CCC2(CC[C@H](NC(C)=O)c3ccccc32)CC1.[HH]. The van der Waals surface area contributed by atoms with Gasteiger partial charge in [-0.05, 0) is 61.2 Å². The maximum atomic E-state index is 11.5. The van der Waals surface area contributed by atoms with Gasteiger partial charge in [0.1, 0.15) is 0 Å². The van der Waals surface area contributed by atoms with Crippen LogP contribution in [0.2, 0.25) is 0 Å². The molecule has 2 aliphatic rings. The van der Waals surface area contributed by atoms with Crippen LogP contribution in [0.1, 0.15) is 71.5 Å². The van der Waals surface area contributed by atoms with E-state index in [0.29, 0.717) is 5.41 Å². The Morgan fingerprint density at radius 2 is 2.04 bits per heavy atom.